The van der Waals surface area contributed by atoms with Gasteiger partial charge in [0.05, 0.1) is 11.6 Å². The summed E-state index contributed by atoms with van der Waals surface area (Å²) < 4.78 is 21.1. The molecule has 10 heteroatoms. The van der Waals surface area contributed by atoms with Gasteiger partial charge in [-0.15, -0.1) is 5.10 Å². The van der Waals surface area contributed by atoms with E-state index in [9.17, 15) is 4.39 Å². The van der Waals surface area contributed by atoms with Crippen molar-refractivity contribution in [1.29, 1.82) is 0 Å². The van der Waals surface area contributed by atoms with E-state index in [4.69, 9.17) is 22.1 Å². The van der Waals surface area contributed by atoms with E-state index in [0.29, 0.717) is 29.6 Å². The summed E-state index contributed by atoms with van der Waals surface area (Å²) in [5.74, 6) is 0.981. The molecule has 0 amide bonds. The van der Waals surface area contributed by atoms with Crippen LogP contribution in [0.4, 0.5) is 10.2 Å². The van der Waals surface area contributed by atoms with E-state index in [1.165, 1.54) is 18.2 Å². The maximum absolute atomic E-state index is 13.1. The Morgan fingerprint density at radius 2 is 2.20 bits per heavy atom. The SMILES string of the molecule is Cc1ncc(Cn2nnc(COc3ccc(F)cc3Cl)c2I)c(N)n1. The smallest absolute Gasteiger partial charge is 0.138 e. The fourth-order valence-corrected chi connectivity index (χ4v) is 2.81. The lowest BCUT2D eigenvalue weighted by molar-refractivity contribution is 0.300. The number of rotatable bonds is 5. The van der Waals surface area contributed by atoms with Gasteiger partial charge in [-0.05, 0) is 47.7 Å². The summed E-state index contributed by atoms with van der Waals surface area (Å²) in [6, 6.07) is 3.95. The van der Waals surface area contributed by atoms with Crippen LogP contribution in [0.2, 0.25) is 5.02 Å². The highest BCUT2D eigenvalue weighted by Gasteiger charge is 2.14. The number of halogens is 3. The van der Waals surface area contributed by atoms with Crippen molar-refractivity contribution in [2.45, 2.75) is 20.1 Å². The van der Waals surface area contributed by atoms with Crippen LogP contribution in [0.5, 0.6) is 5.75 Å². The van der Waals surface area contributed by atoms with Gasteiger partial charge in [-0.2, -0.15) is 0 Å². The highest BCUT2D eigenvalue weighted by Crippen LogP contribution is 2.26. The quantitative estimate of drug-likeness (QED) is 0.572. The second-order valence-corrected chi connectivity index (χ2v) is 6.60. The molecule has 25 heavy (non-hydrogen) atoms. The third-order valence-electron chi connectivity index (χ3n) is 3.34. The van der Waals surface area contributed by atoms with Gasteiger partial charge in [-0.1, -0.05) is 16.8 Å². The summed E-state index contributed by atoms with van der Waals surface area (Å²) in [7, 11) is 0. The minimum atomic E-state index is -0.421. The number of hydrogen-bond donors (Lipinski definition) is 1. The number of nitrogens with two attached hydrogens (primary N) is 1. The standard InChI is InChI=1S/C15H13ClFIN6O/c1-8-20-5-9(15(19)21-8)6-24-14(18)12(22-23-24)7-25-13-3-2-10(17)4-11(13)16/h2-5H,6-7H2,1H3,(H2,19,20,21). The van der Waals surface area contributed by atoms with Crippen LogP contribution in [0.15, 0.2) is 24.4 Å². The predicted molar refractivity (Wildman–Crippen MR) is 98.8 cm³/mol. The van der Waals surface area contributed by atoms with E-state index < -0.39 is 5.82 Å². The van der Waals surface area contributed by atoms with E-state index in [2.05, 4.69) is 42.9 Å². The molecule has 0 aliphatic heterocycles. The van der Waals surface area contributed by atoms with Crippen LogP contribution in [0, 0.1) is 16.4 Å². The van der Waals surface area contributed by atoms with Crippen molar-refractivity contribution in [3.05, 3.63) is 56.0 Å². The molecule has 3 rings (SSSR count). The number of nitrogens with zero attached hydrogens (tertiary/aromatic N) is 5. The zero-order valence-electron chi connectivity index (χ0n) is 13.1. The summed E-state index contributed by atoms with van der Waals surface area (Å²) in [6.45, 7) is 2.33. The monoisotopic (exact) mass is 474 g/mol. The number of nitrogen functional groups attached to an aromatic ring is 1. The average molecular weight is 475 g/mol. The lowest BCUT2D eigenvalue weighted by atomic mass is 10.3. The summed E-state index contributed by atoms with van der Waals surface area (Å²) in [4.78, 5) is 8.27. The van der Waals surface area contributed by atoms with Crippen molar-refractivity contribution in [2.24, 2.45) is 0 Å². The molecule has 0 spiro atoms. The summed E-state index contributed by atoms with van der Waals surface area (Å²) in [6.07, 6.45) is 1.67. The fraction of sp³-hybridized carbons (Fsp3) is 0.200. The molecule has 0 bridgehead atoms. The van der Waals surface area contributed by atoms with E-state index >= 15 is 0 Å². The number of aryl methyl sites for hydroxylation is 1. The van der Waals surface area contributed by atoms with Crippen LogP contribution in [-0.2, 0) is 13.2 Å². The maximum atomic E-state index is 13.1. The van der Waals surface area contributed by atoms with E-state index in [-0.39, 0.29) is 11.6 Å². The second kappa shape index (κ2) is 7.48. The van der Waals surface area contributed by atoms with Crippen LogP contribution in [0.3, 0.4) is 0 Å². The van der Waals surface area contributed by atoms with Crippen molar-refractivity contribution >= 4 is 40.0 Å². The van der Waals surface area contributed by atoms with Crippen LogP contribution in [-0.4, -0.2) is 25.0 Å². The number of aromatic nitrogens is 5. The topological polar surface area (TPSA) is 91.7 Å². The second-order valence-electron chi connectivity index (χ2n) is 5.18. The zero-order chi connectivity index (χ0) is 18.0. The van der Waals surface area contributed by atoms with Gasteiger partial charge in [-0.25, -0.2) is 19.0 Å². The van der Waals surface area contributed by atoms with Gasteiger partial charge in [0.2, 0.25) is 0 Å². The van der Waals surface area contributed by atoms with Crippen molar-refractivity contribution in [3.63, 3.8) is 0 Å². The molecule has 0 fully saturated rings. The molecule has 1 aromatic carbocycles. The first-order chi connectivity index (χ1) is 11.9. The largest absolute Gasteiger partial charge is 0.486 e. The van der Waals surface area contributed by atoms with Crippen molar-refractivity contribution in [1.82, 2.24) is 25.0 Å². The Kier molecular flexibility index (Phi) is 5.33. The lowest BCUT2D eigenvalue weighted by Crippen LogP contribution is -2.09. The maximum Gasteiger partial charge on any atom is 0.138 e. The first-order valence-corrected chi connectivity index (χ1v) is 8.63. The number of hydrogen-bond acceptors (Lipinski definition) is 6. The van der Waals surface area contributed by atoms with E-state index in [1.54, 1.807) is 17.8 Å². The molecule has 7 nitrogen and oxygen atoms in total. The van der Waals surface area contributed by atoms with Gasteiger partial charge < -0.3 is 10.5 Å². The van der Waals surface area contributed by atoms with Crippen LogP contribution >= 0.6 is 34.2 Å². The summed E-state index contributed by atoms with van der Waals surface area (Å²) >= 11 is 8.06. The lowest BCUT2D eigenvalue weighted by Gasteiger charge is -2.07. The Bertz CT molecular complexity index is 919. The molecule has 0 atom stereocenters. The molecule has 130 valence electrons. The Hall–Kier alpha value is -2.01. The van der Waals surface area contributed by atoms with Crippen molar-refractivity contribution in [2.75, 3.05) is 5.73 Å². The predicted octanol–water partition coefficient (Wildman–Crippen LogP) is 2.98. The van der Waals surface area contributed by atoms with Gasteiger partial charge in [0.15, 0.2) is 0 Å². The van der Waals surface area contributed by atoms with Gasteiger partial charge in [-0.3, -0.25) is 0 Å². The molecule has 0 unspecified atom stereocenters. The molecule has 2 heterocycles. The Morgan fingerprint density at radius 1 is 1.40 bits per heavy atom. The highest BCUT2D eigenvalue weighted by atomic mass is 127. The molecule has 0 saturated carbocycles. The molecule has 0 saturated heterocycles. The van der Waals surface area contributed by atoms with Gasteiger partial charge in [0.1, 0.15) is 39.2 Å². The van der Waals surface area contributed by atoms with E-state index in [1.807, 2.05) is 0 Å². The van der Waals surface area contributed by atoms with Crippen LogP contribution in [0.1, 0.15) is 17.1 Å². The van der Waals surface area contributed by atoms with Gasteiger partial charge >= 0.3 is 0 Å². The highest BCUT2D eigenvalue weighted by molar-refractivity contribution is 14.1. The van der Waals surface area contributed by atoms with Crippen molar-refractivity contribution in [3.8, 4) is 5.75 Å². The summed E-state index contributed by atoms with van der Waals surface area (Å²) in [5.41, 5.74) is 7.29. The van der Waals surface area contributed by atoms with E-state index in [0.717, 1.165) is 9.26 Å². The molecule has 0 aliphatic carbocycles. The fourth-order valence-electron chi connectivity index (χ4n) is 2.06. The first-order valence-electron chi connectivity index (χ1n) is 7.17. The Balaban J connectivity index is 1.72. The number of benzene rings is 1. The number of ether oxygens (including phenoxy) is 1. The zero-order valence-corrected chi connectivity index (χ0v) is 16.0. The molecule has 0 radical (unpaired) electrons. The van der Waals surface area contributed by atoms with Gasteiger partial charge in [0, 0.05) is 11.8 Å². The third-order valence-corrected chi connectivity index (χ3v) is 4.81. The van der Waals surface area contributed by atoms with Crippen LogP contribution in [0.25, 0.3) is 0 Å². The third kappa shape index (κ3) is 4.15. The molecular weight excluding hydrogens is 462 g/mol. The first kappa shape index (κ1) is 17.8. The Morgan fingerprint density at radius 3 is 2.92 bits per heavy atom. The average Bonchev–Trinajstić information content (AvgIpc) is 2.90. The molecule has 0 aliphatic rings. The number of anilines is 1. The molecule has 3 aromatic rings. The molecular formula is C15H13ClFIN6O. The molecule has 2 aromatic heterocycles. The minimum Gasteiger partial charge on any atom is -0.486 e. The Labute approximate surface area is 161 Å². The molecule has 2 N–H and O–H groups in total. The van der Waals surface area contributed by atoms with Crippen LogP contribution < -0.4 is 10.5 Å². The van der Waals surface area contributed by atoms with Crippen molar-refractivity contribution < 1.29 is 9.13 Å². The summed E-state index contributed by atoms with van der Waals surface area (Å²) in [5, 5.41) is 8.40. The normalized spacial score (nSPS) is 10.9. The minimum absolute atomic E-state index is 0.156. The van der Waals surface area contributed by atoms with Gasteiger partial charge in [0.25, 0.3) is 0 Å².